The van der Waals surface area contributed by atoms with E-state index in [0.29, 0.717) is 52.4 Å². The number of ether oxygens (including phenoxy) is 2. The monoisotopic (exact) mass is 592 g/mol. The van der Waals surface area contributed by atoms with Gasteiger partial charge in [-0.05, 0) is 61.8 Å². The lowest BCUT2D eigenvalue weighted by atomic mass is 10.1. The zero-order valence-corrected chi connectivity index (χ0v) is 24.9. The van der Waals surface area contributed by atoms with Crippen LogP contribution in [-0.2, 0) is 22.9 Å². The Morgan fingerprint density at radius 2 is 1.86 bits per heavy atom. The fourth-order valence-electron chi connectivity index (χ4n) is 6.78. The number of sulfone groups is 1. The standard InChI is InChI=1S/C30H36N6O5S/c1-40-24-14-20(30(37)36-16-19-6-8-22(36)26(19)31)12-21-27(24)34(10-11-42(3,38)39)29(32-21)23-13-18-7-9-25(41-2)33-28(18)35(23)15-17-4-5-17/h7,9,12-14,17,19,22,26H,4-6,8,10-11,15-16,31H2,1-3H3/t19-,22-,26-/m1/s1. The molecule has 0 spiro atoms. The van der Waals surface area contributed by atoms with E-state index in [-0.39, 0.29) is 30.3 Å². The summed E-state index contributed by atoms with van der Waals surface area (Å²) < 4.78 is 40.0. The van der Waals surface area contributed by atoms with E-state index in [1.165, 1.54) is 6.26 Å². The van der Waals surface area contributed by atoms with E-state index in [0.717, 1.165) is 49.0 Å². The maximum atomic E-state index is 13.7. The summed E-state index contributed by atoms with van der Waals surface area (Å²) in [5.74, 6) is 2.34. The van der Waals surface area contributed by atoms with Crippen LogP contribution in [0.4, 0.5) is 0 Å². The number of nitrogens with two attached hydrogens (primary N) is 1. The number of aromatic nitrogens is 4. The van der Waals surface area contributed by atoms with Gasteiger partial charge in [0, 0.05) is 55.0 Å². The smallest absolute Gasteiger partial charge is 0.254 e. The molecule has 42 heavy (non-hydrogen) atoms. The molecular weight excluding hydrogens is 556 g/mol. The van der Waals surface area contributed by atoms with E-state index in [1.54, 1.807) is 26.4 Å². The summed E-state index contributed by atoms with van der Waals surface area (Å²) >= 11 is 0. The van der Waals surface area contributed by atoms with Crippen LogP contribution in [0.5, 0.6) is 11.6 Å². The van der Waals surface area contributed by atoms with Crippen LogP contribution in [0.2, 0.25) is 0 Å². The number of amides is 1. The summed E-state index contributed by atoms with van der Waals surface area (Å²) in [5.41, 5.74) is 9.74. The summed E-state index contributed by atoms with van der Waals surface area (Å²) in [6.07, 6.45) is 5.51. The van der Waals surface area contributed by atoms with Crippen molar-refractivity contribution in [2.45, 2.75) is 50.9 Å². The Kier molecular flexibility index (Phi) is 6.46. The van der Waals surface area contributed by atoms with E-state index in [9.17, 15) is 13.2 Å². The first kappa shape index (κ1) is 27.2. The number of piperidine rings is 1. The molecule has 2 saturated carbocycles. The van der Waals surface area contributed by atoms with Crippen molar-refractivity contribution in [2.75, 3.05) is 32.8 Å². The van der Waals surface area contributed by atoms with Gasteiger partial charge in [0.15, 0.2) is 5.82 Å². The number of pyridine rings is 1. The first-order valence-corrected chi connectivity index (χ1v) is 16.6. The topological polar surface area (TPSA) is 135 Å². The van der Waals surface area contributed by atoms with Gasteiger partial charge in [-0.1, -0.05) is 0 Å². The molecule has 11 nitrogen and oxygen atoms in total. The third-order valence-corrected chi connectivity index (χ3v) is 10.1. The van der Waals surface area contributed by atoms with Gasteiger partial charge >= 0.3 is 0 Å². The maximum absolute atomic E-state index is 13.7. The largest absolute Gasteiger partial charge is 0.494 e. The summed E-state index contributed by atoms with van der Waals surface area (Å²) in [4.78, 5) is 25.5. The van der Waals surface area contributed by atoms with Gasteiger partial charge in [0.2, 0.25) is 5.88 Å². The predicted octanol–water partition coefficient (Wildman–Crippen LogP) is 3.09. The van der Waals surface area contributed by atoms with E-state index < -0.39 is 9.84 Å². The van der Waals surface area contributed by atoms with Crippen molar-refractivity contribution < 1.29 is 22.7 Å². The van der Waals surface area contributed by atoms with Crippen molar-refractivity contribution in [3.63, 3.8) is 0 Å². The molecule has 12 heteroatoms. The SMILES string of the molecule is COc1ccc2cc(-c3nc4cc(C(=O)N5C[C@H]6CC[C@@H]5[C@@H]6N)cc(OC)c4n3CCS(C)(=O)=O)n(CC3CC3)c2n1. The highest BCUT2D eigenvalue weighted by Gasteiger charge is 2.47. The molecule has 3 aliphatic rings. The number of rotatable bonds is 9. The van der Waals surface area contributed by atoms with Gasteiger partial charge in [-0.2, -0.15) is 4.98 Å². The fraction of sp³-hybridized carbons (Fsp3) is 0.500. The van der Waals surface area contributed by atoms with Crippen molar-refractivity contribution >= 4 is 37.8 Å². The minimum absolute atomic E-state index is 0.0157. The highest BCUT2D eigenvalue weighted by Crippen LogP contribution is 2.40. The van der Waals surface area contributed by atoms with Crippen molar-refractivity contribution in [1.29, 1.82) is 0 Å². The van der Waals surface area contributed by atoms with Crippen LogP contribution in [-0.4, -0.2) is 83.2 Å². The van der Waals surface area contributed by atoms with Gasteiger partial charge in [-0.15, -0.1) is 0 Å². The number of aryl methyl sites for hydroxylation is 1. The molecule has 4 heterocycles. The minimum Gasteiger partial charge on any atom is -0.494 e. The Morgan fingerprint density at radius 1 is 1.05 bits per heavy atom. The van der Waals surface area contributed by atoms with Gasteiger partial charge in [-0.3, -0.25) is 4.79 Å². The van der Waals surface area contributed by atoms with Gasteiger partial charge in [0.05, 0.1) is 31.2 Å². The highest BCUT2D eigenvalue weighted by molar-refractivity contribution is 7.90. The van der Waals surface area contributed by atoms with Crippen LogP contribution in [0.25, 0.3) is 33.6 Å². The number of likely N-dealkylation sites (tertiary alicyclic amines) is 1. The molecule has 2 bridgehead atoms. The number of benzene rings is 1. The molecule has 7 rings (SSSR count). The van der Waals surface area contributed by atoms with E-state index >= 15 is 0 Å². The molecule has 1 saturated heterocycles. The molecule has 3 atom stereocenters. The molecule has 2 aliphatic carbocycles. The Bertz CT molecular complexity index is 1820. The lowest BCUT2D eigenvalue weighted by Crippen LogP contribution is -2.41. The van der Waals surface area contributed by atoms with Crippen molar-refractivity contribution in [3.8, 4) is 23.1 Å². The van der Waals surface area contributed by atoms with Crippen LogP contribution in [0.15, 0.2) is 30.3 Å². The zero-order valence-electron chi connectivity index (χ0n) is 24.1. The molecule has 3 fully saturated rings. The van der Waals surface area contributed by atoms with Crippen molar-refractivity contribution in [2.24, 2.45) is 17.6 Å². The number of carbonyl (C=O) groups excluding carboxylic acids is 1. The summed E-state index contributed by atoms with van der Waals surface area (Å²) in [7, 11) is -0.123. The molecule has 3 aromatic heterocycles. The Balaban J connectivity index is 1.40. The number of nitrogens with zero attached hydrogens (tertiary/aromatic N) is 5. The van der Waals surface area contributed by atoms with Crippen molar-refractivity contribution in [1.82, 2.24) is 24.0 Å². The van der Waals surface area contributed by atoms with E-state index in [1.807, 2.05) is 27.7 Å². The zero-order chi connectivity index (χ0) is 29.3. The van der Waals surface area contributed by atoms with Gasteiger partial charge < -0.3 is 29.2 Å². The van der Waals surface area contributed by atoms with Crippen LogP contribution in [0, 0.1) is 11.8 Å². The highest BCUT2D eigenvalue weighted by atomic mass is 32.2. The molecule has 4 aromatic rings. The van der Waals surface area contributed by atoms with Crippen LogP contribution < -0.4 is 15.2 Å². The molecule has 0 unspecified atom stereocenters. The van der Waals surface area contributed by atoms with Gasteiger partial charge in [0.25, 0.3) is 5.91 Å². The molecule has 1 amide bonds. The number of fused-ring (bicyclic) bond motifs is 4. The predicted molar refractivity (Wildman–Crippen MR) is 160 cm³/mol. The first-order valence-electron chi connectivity index (χ1n) is 14.5. The number of methoxy groups -OCH3 is 2. The molecule has 2 N–H and O–H groups in total. The number of hydrogen-bond donors (Lipinski definition) is 1. The lowest BCUT2D eigenvalue weighted by Gasteiger charge is -2.27. The van der Waals surface area contributed by atoms with E-state index in [2.05, 4.69) is 4.57 Å². The molecule has 0 radical (unpaired) electrons. The number of imidazole rings is 1. The van der Waals surface area contributed by atoms with Gasteiger partial charge in [0.1, 0.15) is 26.8 Å². The summed E-state index contributed by atoms with van der Waals surface area (Å²) in [6.45, 7) is 1.62. The number of carbonyl (C=O) groups is 1. The van der Waals surface area contributed by atoms with Crippen LogP contribution in [0.3, 0.4) is 0 Å². The average molecular weight is 593 g/mol. The quantitative estimate of drug-likeness (QED) is 0.313. The molecular formula is C30H36N6O5S. The second-order valence-electron chi connectivity index (χ2n) is 12.1. The fourth-order valence-corrected chi connectivity index (χ4v) is 7.29. The normalized spacial score (nSPS) is 22.0. The van der Waals surface area contributed by atoms with Crippen molar-refractivity contribution in [3.05, 3.63) is 35.9 Å². The Labute approximate surface area is 244 Å². The first-order chi connectivity index (χ1) is 20.1. The maximum Gasteiger partial charge on any atom is 0.254 e. The van der Waals surface area contributed by atoms with Gasteiger partial charge in [-0.25, -0.2) is 13.4 Å². The lowest BCUT2D eigenvalue weighted by molar-refractivity contribution is 0.0700. The second kappa shape index (κ2) is 9.98. The molecule has 222 valence electrons. The third-order valence-electron chi connectivity index (χ3n) is 9.17. The summed E-state index contributed by atoms with van der Waals surface area (Å²) in [5, 5.41) is 0.941. The summed E-state index contributed by atoms with van der Waals surface area (Å²) in [6, 6.07) is 9.46. The molecule has 1 aliphatic heterocycles. The molecule has 1 aromatic carbocycles. The third kappa shape index (κ3) is 4.60. The second-order valence-corrected chi connectivity index (χ2v) is 14.3. The Morgan fingerprint density at radius 3 is 2.50 bits per heavy atom. The average Bonchev–Trinajstić information content (AvgIpc) is 3.33. The van der Waals surface area contributed by atoms with Crippen LogP contribution >= 0.6 is 0 Å². The number of hydrogen-bond acceptors (Lipinski definition) is 8. The van der Waals surface area contributed by atoms with Crippen LogP contribution in [0.1, 0.15) is 36.0 Å². The van der Waals surface area contributed by atoms with E-state index in [4.69, 9.17) is 25.2 Å². The Hall–Kier alpha value is -3.64. The minimum atomic E-state index is -3.28.